The SMILES string of the molecule is C[C@@H]1CCc2ncc(F)cc2[C@@H]2CCCN2c2ccc3ncc(n3n2)C(=O)N1. The molecule has 1 fully saturated rings. The normalized spacial score (nSPS) is 22.2. The quantitative estimate of drug-likeness (QED) is 0.649. The Balaban J connectivity index is 1.69. The minimum absolute atomic E-state index is 0.0230. The van der Waals surface area contributed by atoms with Crippen LogP contribution < -0.4 is 10.2 Å². The number of hydrogen-bond donors (Lipinski definition) is 1. The molecular weight excluding hydrogens is 359 g/mol. The lowest BCUT2D eigenvalue weighted by molar-refractivity contribution is 0.0931. The first-order valence-electron chi connectivity index (χ1n) is 9.67. The number of imidazole rings is 1. The molecule has 144 valence electrons. The Morgan fingerprint density at radius 2 is 2.11 bits per heavy atom. The van der Waals surface area contributed by atoms with Gasteiger partial charge in [-0.1, -0.05) is 0 Å². The number of halogens is 1. The van der Waals surface area contributed by atoms with Crippen LogP contribution >= 0.6 is 0 Å². The smallest absolute Gasteiger partial charge is 0.271 e. The molecule has 5 heterocycles. The summed E-state index contributed by atoms with van der Waals surface area (Å²) < 4.78 is 15.6. The van der Waals surface area contributed by atoms with Gasteiger partial charge in [0.25, 0.3) is 5.91 Å². The lowest BCUT2D eigenvalue weighted by atomic mass is 9.98. The number of carbonyl (C=O) groups is 1. The van der Waals surface area contributed by atoms with Crippen LogP contribution in [0.25, 0.3) is 5.65 Å². The van der Waals surface area contributed by atoms with E-state index in [1.54, 1.807) is 16.8 Å². The highest BCUT2D eigenvalue weighted by molar-refractivity contribution is 5.93. The third kappa shape index (κ3) is 2.80. The fourth-order valence-corrected chi connectivity index (χ4v) is 4.24. The molecule has 28 heavy (non-hydrogen) atoms. The van der Waals surface area contributed by atoms with E-state index in [0.717, 1.165) is 42.9 Å². The molecule has 3 aromatic rings. The Labute approximate surface area is 161 Å². The van der Waals surface area contributed by atoms with Crippen molar-refractivity contribution in [3.8, 4) is 0 Å². The van der Waals surface area contributed by atoms with Crippen molar-refractivity contribution in [1.29, 1.82) is 0 Å². The Kier molecular flexibility index (Phi) is 3.99. The van der Waals surface area contributed by atoms with Crippen LogP contribution in [0.2, 0.25) is 0 Å². The van der Waals surface area contributed by atoms with Gasteiger partial charge in [0.15, 0.2) is 11.3 Å². The number of amides is 1. The van der Waals surface area contributed by atoms with E-state index in [0.29, 0.717) is 17.8 Å². The van der Waals surface area contributed by atoms with Gasteiger partial charge < -0.3 is 10.2 Å². The second kappa shape index (κ2) is 6.54. The Morgan fingerprint density at radius 1 is 1.21 bits per heavy atom. The minimum Gasteiger partial charge on any atom is -0.348 e. The van der Waals surface area contributed by atoms with Crippen molar-refractivity contribution in [1.82, 2.24) is 24.9 Å². The lowest BCUT2D eigenvalue weighted by Gasteiger charge is -2.27. The van der Waals surface area contributed by atoms with Crippen LogP contribution in [-0.2, 0) is 6.42 Å². The van der Waals surface area contributed by atoms with Crippen molar-refractivity contribution < 1.29 is 9.18 Å². The highest BCUT2D eigenvalue weighted by Crippen LogP contribution is 2.37. The molecule has 2 aliphatic rings. The Hall–Kier alpha value is -3.03. The summed E-state index contributed by atoms with van der Waals surface area (Å²) in [5.74, 6) is 0.232. The summed E-state index contributed by atoms with van der Waals surface area (Å²) in [6.07, 6.45) is 6.14. The van der Waals surface area contributed by atoms with Crippen LogP contribution in [0.4, 0.5) is 10.2 Å². The average molecular weight is 380 g/mol. The van der Waals surface area contributed by atoms with E-state index in [2.05, 4.69) is 20.2 Å². The first-order chi connectivity index (χ1) is 13.6. The van der Waals surface area contributed by atoms with Crippen LogP contribution in [0, 0.1) is 5.82 Å². The summed E-state index contributed by atoms with van der Waals surface area (Å²) in [5.41, 5.74) is 2.85. The Bertz CT molecular complexity index is 1060. The number of aromatic nitrogens is 4. The van der Waals surface area contributed by atoms with E-state index in [1.165, 1.54) is 6.20 Å². The highest BCUT2D eigenvalue weighted by atomic mass is 19.1. The number of carbonyl (C=O) groups excluding carboxylic acids is 1. The zero-order chi connectivity index (χ0) is 19.3. The summed E-state index contributed by atoms with van der Waals surface area (Å²) in [7, 11) is 0. The number of fused-ring (bicyclic) bond motifs is 5. The minimum atomic E-state index is -0.323. The van der Waals surface area contributed by atoms with Gasteiger partial charge in [0.2, 0.25) is 0 Å². The molecule has 5 rings (SSSR count). The van der Waals surface area contributed by atoms with Gasteiger partial charge in [-0.2, -0.15) is 0 Å². The molecule has 7 nitrogen and oxygen atoms in total. The predicted octanol–water partition coefficient (Wildman–Crippen LogP) is 2.67. The maximum absolute atomic E-state index is 14.1. The highest BCUT2D eigenvalue weighted by Gasteiger charge is 2.31. The molecule has 2 bridgehead atoms. The molecule has 1 saturated heterocycles. The van der Waals surface area contributed by atoms with Gasteiger partial charge in [0.05, 0.1) is 18.4 Å². The molecule has 0 unspecified atom stereocenters. The molecule has 8 heteroatoms. The first kappa shape index (κ1) is 17.1. The molecule has 1 amide bonds. The molecule has 2 atom stereocenters. The van der Waals surface area contributed by atoms with E-state index < -0.39 is 0 Å². The maximum atomic E-state index is 14.1. The van der Waals surface area contributed by atoms with Crippen LogP contribution in [0.1, 0.15) is 54.0 Å². The topological polar surface area (TPSA) is 75.4 Å². The van der Waals surface area contributed by atoms with E-state index in [9.17, 15) is 9.18 Å². The number of nitrogens with one attached hydrogen (secondary N) is 1. The van der Waals surface area contributed by atoms with E-state index in [1.807, 2.05) is 19.1 Å². The molecule has 0 aromatic carbocycles. The van der Waals surface area contributed by atoms with E-state index >= 15 is 0 Å². The Morgan fingerprint density at radius 3 is 3.00 bits per heavy atom. The number of hydrogen-bond acceptors (Lipinski definition) is 5. The summed E-state index contributed by atoms with van der Waals surface area (Å²) >= 11 is 0. The van der Waals surface area contributed by atoms with Gasteiger partial charge in [-0.3, -0.25) is 9.78 Å². The van der Waals surface area contributed by atoms with E-state index in [4.69, 9.17) is 5.10 Å². The standard InChI is InChI=1S/C20H21FN6O/c1-12-4-5-15-14(9-13(21)10-22-15)16-3-2-8-26(16)19-7-6-18-23-11-17(20(28)24-12)27(18)25-19/h6-7,9-12,16H,2-5,8H2,1H3,(H,24,28)/t12-,16+/m1/s1. The van der Waals surface area contributed by atoms with Crippen molar-refractivity contribution >= 4 is 17.4 Å². The van der Waals surface area contributed by atoms with Gasteiger partial charge in [-0.15, -0.1) is 5.10 Å². The second-order valence-electron chi connectivity index (χ2n) is 7.56. The molecule has 3 aromatic heterocycles. The fraction of sp³-hybridized carbons (Fsp3) is 0.400. The monoisotopic (exact) mass is 380 g/mol. The van der Waals surface area contributed by atoms with Crippen molar-refractivity contribution in [2.45, 2.75) is 44.7 Å². The first-order valence-corrected chi connectivity index (χ1v) is 9.67. The molecule has 0 saturated carbocycles. The van der Waals surface area contributed by atoms with Gasteiger partial charge in [0.1, 0.15) is 11.6 Å². The van der Waals surface area contributed by atoms with E-state index in [-0.39, 0.29) is 23.8 Å². The maximum Gasteiger partial charge on any atom is 0.271 e. The number of nitrogens with zero attached hydrogens (tertiary/aromatic N) is 5. The van der Waals surface area contributed by atoms with Crippen LogP contribution in [0.3, 0.4) is 0 Å². The van der Waals surface area contributed by atoms with Crippen LogP contribution in [-0.4, -0.2) is 38.1 Å². The third-order valence-electron chi connectivity index (χ3n) is 5.65. The van der Waals surface area contributed by atoms with Gasteiger partial charge in [-0.25, -0.2) is 13.9 Å². The fourth-order valence-electron chi connectivity index (χ4n) is 4.24. The molecular formula is C20H21FN6O. The van der Waals surface area contributed by atoms with Gasteiger partial charge in [0, 0.05) is 18.3 Å². The molecule has 0 spiro atoms. The van der Waals surface area contributed by atoms with Crippen LogP contribution in [0.15, 0.2) is 30.6 Å². The molecule has 0 aliphatic carbocycles. The zero-order valence-electron chi connectivity index (χ0n) is 15.6. The number of pyridine rings is 1. The number of anilines is 1. The van der Waals surface area contributed by atoms with Crippen molar-refractivity contribution in [2.75, 3.05) is 11.4 Å². The van der Waals surface area contributed by atoms with Gasteiger partial charge >= 0.3 is 0 Å². The zero-order valence-corrected chi connectivity index (χ0v) is 15.6. The number of rotatable bonds is 0. The molecule has 1 N–H and O–H groups in total. The molecule has 2 aliphatic heterocycles. The van der Waals surface area contributed by atoms with Crippen molar-refractivity contribution in [2.24, 2.45) is 0 Å². The molecule has 0 radical (unpaired) electrons. The van der Waals surface area contributed by atoms with Gasteiger partial charge in [-0.05, 0) is 56.4 Å². The number of aryl methyl sites for hydroxylation is 1. The van der Waals surface area contributed by atoms with Crippen molar-refractivity contribution in [3.05, 3.63) is 53.4 Å². The van der Waals surface area contributed by atoms with Crippen molar-refractivity contribution in [3.63, 3.8) is 0 Å². The summed E-state index contributed by atoms with van der Waals surface area (Å²) in [5, 5.41) is 7.71. The largest absolute Gasteiger partial charge is 0.348 e. The van der Waals surface area contributed by atoms with Crippen LogP contribution in [0.5, 0.6) is 0 Å². The summed E-state index contributed by atoms with van der Waals surface area (Å²) in [6.45, 7) is 2.79. The third-order valence-corrected chi connectivity index (χ3v) is 5.65. The second-order valence-corrected chi connectivity index (χ2v) is 7.56. The summed E-state index contributed by atoms with van der Waals surface area (Å²) in [6, 6.07) is 5.35. The predicted molar refractivity (Wildman–Crippen MR) is 102 cm³/mol. The summed E-state index contributed by atoms with van der Waals surface area (Å²) in [4.78, 5) is 23.6. The lowest BCUT2D eigenvalue weighted by Crippen LogP contribution is -2.33. The average Bonchev–Trinajstić information content (AvgIpc) is 3.32.